The van der Waals surface area contributed by atoms with Crippen molar-refractivity contribution in [2.75, 3.05) is 26.4 Å². The normalized spacial score (nSPS) is 14.8. The summed E-state index contributed by atoms with van der Waals surface area (Å²) in [6.45, 7) is 3.19. The highest BCUT2D eigenvalue weighted by Crippen LogP contribution is 2.43. The number of hydrogen-bond donors (Lipinski definition) is 2. The topological polar surface area (TPSA) is 134 Å². The highest BCUT2D eigenvalue weighted by atomic mass is 31.2. The Labute approximate surface area is 368 Å². The highest BCUT2D eigenvalue weighted by Gasteiger charge is 2.25. The number of esters is 2. The van der Waals surface area contributed by atoms with Crippen LogP contribution < -0.4 is 5.73 Å². The number of nitrogens with two attached hydrogens (primary N) is 1. The summed E-state index contributed by atoms with van der Waals surface area (Å²) in [7, 11) is -4.44. The molecule has 0 aliphatic heterocycles. The summed E-state index contributed by atoms with van der Waals surface area (Å²) in [5.74, 6) is -1.15. The summed E-state index contributed by atoms with van der Waals surface area (Å²) in [4.78, 5) is 34.8. The van der Waals surface area contributed by atoms with Gasteiger partial charge >= 0.3 is 19.8 Å². The van der Waals surface area contributed by atoms with Crippen LogP contribution in [0.3, 0.4) is 0 Å². The van der Waals surface area contributed by atoms with Crippen LogP contribution in [0.2, 0.25) is 0 Å². The van der Waals surface area contributed by atoms with Crippen LogP contribution in [0.1, 0.15) is 117 Å². The van der Waals surface area contributed by atoms with Crippen LogP contribution in [0, 0.1) is 0 Å². The van der Waals surface area contributed by atoms with Crippen LogP contribution in [0.5, 0.6) is 0 Å². The molecule has 2 atom stereocenters. The zero-order chi connectivity index (χ0) is 44.6. The predicted molar refractivity (Wildman–Crippen MR) is 256 cm³/mol. The van der Waals surface area contributed by atoms with Crippen molar-refractivity contribution in [3.05, 3.63) is 158 Å². The Kier molecular flexibility index (Phi) is 41.9. The Morgan fingerprint density at radius 1 is 0.525 bits per heavy atom. The second-order valence-corrected chi connectivity index (χ2v) is 15.0. The molecule has 0 radical (unpaired) electrons. The molecular formula is C51H76NO8P. The Balaban J connectivity index is 4.48. The van der Waals surface area contributed by atoms with E-state index in [1.54, 1.807) is 12.2 Å². The van der Waals surface area contributed by atoms with E-state index >= 15 is 0 Å². The van der Waals surface area contributed by atoms with E-state index in [0.29, 0.717) is 12.8 Å². The van der Waals surface area contributed by atoms with Crippen LogP contribution >= 0.6 is 7.82 Å². The van der Waals surface area contributed by atoms with Gasteiger partial charge in [0.05, 0.1) is 26.1 Å². The molecule has 0 aromatic rings. The number of ether oxygens (including phenoxy) is 2. The summed E-state index contributed by atoms with van der Waals surface area (Å²) < 4.78 is 32.5. The van der Waals surface area contributed by atoms with Gasteiger partial charge in [0.2, 0.25) is 0 Å². The summed E-state index contributed by atoms with van der Waals surface area (Å²) in [5.41, 5.74) is 5.33. The zero-order valence-electron chi connectivity index (χ0n) is 37.1. The van der Waals surface area contributed by atoms with Gasteiger partial charge in [-0.25, -0.2) is 4.57 Å². The number of allylic oxidation sites excluding steroid dienone is 24. The molecule has 0 heterocycles. The van der Waals surface area contributed by atoms with E-state index in [-0.39, 0.29) is 32.6 Å². The zero-order valence-corrected chi connectivity index (χ0v) is 38.0. The molecule has 0 bridgehead atoms. The number of phosphoric ester groups is 1. The van der Waals surface area contributed by atoms with Gasteiger partial charge in [-0.1, -0.05) is 178 Å². The maximum absolute atomic E-state index is 12.5. The first kappa shape index (κ1) is 56.6. The lowest BCUT2D eigenvalue weighted by Crippen LogP contribution is -2.29. The maximum atomic E-state index is 12.5. The predicted octanol–water partition coefficient (Wildman–Crippen LogP) is 13.0. The first-order valence-corrected chi connectivity index (χ1v) is 23.4. The van der Waals surface area contributed by atoms with Gasteiger partial charge in [0, 0.05) is 6.54 Å². The van der Waals surface area contributed by atoms with E-state index < -0.39 is 32.5 Å². The van der Waals surface area contributed by atoms with E-state index in [2.05, 4.69) is 128 Å². The van der Waals surface area contributed by atoms with E-state index in [4.69, 9.17) is 24.3 Å². The van der Waals surface area contributed by atoms with Gasteiger partial charge in [0.25, 0.3) is 0 Å². The first-order valence-electron chi connectivity index (χ1n) is 21.9. The third-order valence-corrected chi connectivity index (χ3v) is 9.03. The molecule has 0 fully saturated rings. The third-order valence-electron chi connectivity index (χ3n) is 8.05. The molecule has 0 rings (SSSR count). The van der Waals surface area contributed by atoms with Crippen molar-refractivity contribution in [2.45, 2.75) is 123 Å². The molecule has 0 spiro atoms. The molecule has 9 nitrogen and oxygen atoms in total. The molecule has 0 aliphatic carbocycles. The third kappa shape index (κ3) is 45.0. The van der Waals surface area contributed by atoms with Gasteiger partial charge < -0.3 is 20.1 Å². The van der Waals surface area contributed by atoms with Crippen molar-refractivity contribution < 1.29 is 37.6 Å². The molecule has 0 saturated heterocycles. The summed E-state index contributed by atoms with van der Waals surface area (Å²) in [6, 6.07) is 0. The fourth-order valence-electron chi connectivity index (χ4n) is 4.80. The van der Waals surface area contributed by atoms with Gasteiger partial charge in [-0.2, -0.15) is 0 Å². The quantitative estimate of drug-likeness (QED) is 0.0269. The van der Waals surface area contributed by atoms with Gasteiger partial charge in [-0.3, -0.25) is 18.6 Å². The molecule has 1 unspecified atom stereocenters. The average Bonchev–Trinajstić information content (AvgIpc) is 3.25. The largest absolute Gasteiger partial charge is 0.472 e. The molecule has 0 amide bonds. The fraction of sp³-hybridized carbons (Fsp3) is 0.451. The van der Waals surface area contributed by atoms with Crippen LogP contribution in [0.4, 0.5) is 0 Å². The Morgan fingerprint density at radius 3 is 1.26 bits per heavy atom. The van der Waals surface area contributed by atoms with E-state index in [9.17, 15) is 19.0 Å². The molecule has 10 heteroatoms. The molecule has 0 aromatic heterocycles. The van der Waals surface area contributed by atoms with E-state index in [1.165, 1.54) is 19.3 Å². The fourth-order valence-corrected chi connectivity index (χ4v) is 5.56. The van der Waals surface area contributed by atoms with Gasteiger partial charge in [0.15, 0.2) is 6.10 Å². The second-order valence-electron chi connectivity index (χ2n) is 13.6. The van der Waals surface area contributed by atoms with Crippen molar-refractivity contribution >= 4 is 19.8 Å². The van der Waals surface area contributed by atoms with Crippen LogP contribution in [0.25, 0.3) is 0 Å². The lowest BCUT2D eigenvalue weighted by atomic mass is 10.2. The minimum absolute atomic E-state index is 0.0147. The monoisotopic (exact) mass is 862 g/mol. The van der Waals surface area contributed by atoms with Crippen LogP contribution in [-0.4, -0.2) is 49.3 Å². The smallest absolute Gasteiger partial charge is 0.461 e. The molecule has 3 N–H and O–H groups in total. The molecule has 0 aliphatic rings. The van der Waals surface area contributed by atoms with Crippen molar-refractivity contribution in [3.63, 3.8) is 0 Å². The lowest BCUT2D eigenvalue weighted by molar-refractivity contribution is -0.160. The number of phosphoric acid groups is 1. The van der Waals surface area contributed by atoms with Gasteiger partial charge in [-0.15, -0.1) is 0 Å². The number of carbonyl (C=O) groups is 2. The number of carbonyl (C=O) groups excluding carboxylic acids is 2. The minimum atomic E-state index is -4.44. The van der Waals surface area contributed by atoms with Gasteiger partial charge in [0.1, 0.15) is 6.61 Å². The van der Waals surface area contributed by atoms with Crippen molar-refractivity contribution in [3.8, 4) is 0 Å². The summed E-state index contributed by atoms with van der Waals surface area (Å²) in [5, 5.41) is 0. The SMILES string of the molecule is CC=CCC=CCC=CCC=CCC=CCC=CCC=CCC(=O)OC[C@H](COP(=O)(O)OCCN)OC(=O)CC=CCC=CCC=CCC=CCC=CCC=CCCCC. The number of unbranched alkanes of at least 4 members (excludes halogenated alkanes) is 2. The Morgan fingerprint density at radius 2 is 0.885 bits per heavy atom. The van der Waals surface area contributed by atoms with Crippen LogP contribution in [-0.2, 0) is 32.7 Å². The van der Waals surface area contributed by atoms with Crippen molar-refractivity contribution in [1.82, 2.24) is 0 Å². The van der Waals surface area contributed by atoms with E-state index in [0.717, 1.165) is 57.8 Å². The lowest BCUT2D eigenvalue weighted by Gasteiger charge is -2.19. The molecular weight excluding hydrogens is 786 g/mol. The Bertz CT molecular complexity index is 1540. The first-order chi connectivity index (χ1) is 29.8. The maximum Gasteiger partial charge on any atom is 0.472 e. The molecule has 0 aromatic carbocycles. The average molecular weight is 862 g/mol. The standard InChI is InChI=1S/C51H76NO8P/c1-3-5-7-9-11-13-15-17-19-21-23-25-27-29-31-33-35-37-39-41-43-50(53)57-47-49(48-59-61(55,56)58-46-45-52)60-51(54)44-42-40-38-36-34-32-30-28-26-24-22-20-18-16-14-12-10-8-6-4-2/h3,5,9-12,15-18,21-24,27-30,33-36,39-42,49H,4,6-8,13-14,19-20,25-26,31-32,37-38,43-48,52H2,1-2H3,(H,55,56)/t49-/m1/s1. The number of rotatable bonds is 38. The number of hydrogen-bond acceptors (Lipinski definition) is 8. The molecule has 0 saturated carbocycles. The van der Waals surface area contributed by atoms with Crippen LogP contribution in [0.15, 0.2) is 158 Å². The molecule has 61 heavy (non-hydrogen) atoms. The molecule has 338 valence electrons. The van der Waals surface area contributed by atoms with Crippen molar-refractivity contribution in [2.24, 2.45) is 5.73 Å². The Hall–Kier alpha value is -4.37. The van der Waals surface area contributed by atoms with E-state index in [1.807, 2.05) is 31.2 Å². The minimum Gasteiger partial charge on any atom is -0.461 e. The highest BCUT2D eigenvalue weighted by molar-refractivity contribution is 7.47. The summed E-state index contributed by atoms with van der Waals surface area (Å²) >= 11 is 0. The summed E-state index contributed by atoms with van der Waals surface area (Å²) in [6.07, 6.45) is 66.2. The second kappa shape index (κ2) is 45.2. The van der Waals surface area contributed by atoms with Crippen molar-refractivity contribution in [1.29, 1.82) is 0 Å². The van der Waals surface area contributed by atoms with Gasteiger partial charge in [-0.05, 0) is 84.0 Å².